The Bertz CT molecular complexity index is 837. The fraction of sp³-hybridized carbons (Fsp3) is 0.188. The molecule has 1 aromatic carbocycles. The molecule has 0 unspecified atom stereocenters. The van der Waals surface area contributed by atoms with Crippen LogP contribution in [-0.2, 0) is 10.2 Å². The summed E-state index contributed by atoms with van der Waals surface area (Å²) >= 11 is 1.47. The fourth-order valence-electron chi connectivity index (χ4n) is 2.60. The Morgan fingerprint density at radius 2 is 2.04 bits per heavy atom. The van der Waals surface area contributed by atoms with Crippen molar-refractivity contribution in [3.05, 3.63) is 59.5 Å². The second-order valence-corrected chi connectivity index (χ2v) is 6.38. The van der Waals surface area contributed by atoms with Crippen LogP contribution < -0.4 is 5.32 Å². The SMILES string of the molecule is O=C(Nc1ccn(-c2nccs2)n1)C1(c2ccc(F)cc2)CC1. The van der Waals surface area contributed by atoms with Gasteiger partial charge in [-0.3, -0.25) is 4.79 Å². The van der Waals surface area contributed by atoms with E-state index in [2.05, 4.69) is 15.4 Å². The average molecular weight is 328 g/mol. The molecule has 0 spiro atoms. The van der Waals surface area contributed by atoms with E-state index < -0.39 is 5.41 Å². The van der Waals surface area contributed by atoms with Crippen LogP contribution in [0.2, 0.25) is 0 Å². The number of carbonyl (C=O) groups excluding carboxylic acids is 1. The topological polar surface area (TPSA) is 59.8 Å². The second-order valence-electron chi connectivity index (χ2n) is 5.50. The molecule has 23 heavy (non-hydrogen) atoms. The number of anilines is 1. The van der Waals surface area contributed by atoms with Crippen molar-refractivity contribution in [3.8, 4) is 5.13 Å². The highest BCUT2D eigenvalue weighted by molar-refractivity contribution is 7.12. The lowest BCUT2D eigenvalue weighted by molar-refractivity contribution is -0.118. The molecule has 1 amide bonds. The van der Waals surface area contributed by atoms with E-state index in [-0.39, 0.29) is 11.7 Å². The van der Waals surface area contributed by atoms with Gasteiger partial charge in [0.15, 0.2) is 5.82 Å². The molecule has 1 aliphatic carbocycles. The summed E-state index contributed by atoms with van der Waals surface area (Å²) in [6.07, 6.45) is 4.98. The smallest absolute Gasteiger partial charge is 0.236 e. The summed E-state index contributed by atoms with van der Waals surface area (Å²) in [6.45, 7) is 0. The Hall–Kier alpha value is -2.54. The van der Waals surface area contributed by atoms with Gasteiger partial charge in [-0.2, -0.15) is 0 Å². The van der Waals surface area contributed by atoms with Gasteiger partial charge in [0.25, 0.3) is 0 Å². The summed E-state index contributed by atoms with van der Waals surface area (Å²) in [5, 5.41) is 9.77. The predicted molar refractivity (Wildman–Crippen MR) is 85.2 cm³/mol. The summed E-state index contributed by atoms with van der Waals surface area (Å²) < 4.78 is 14.7. The lowest BCUT2D eigenvalue weighted by atomic mass is 9.95. The highest BCUT2D eigenvalue weighted by Gasteiger charge is 2.51. The van der Waals surface area contributed by atoms with Gasteiger partial charge < -0.3 is 5.32 Å². The van der Waals surface area contributed by atoms with Crippen molar-refractivity contribution in [2.75, 3.05) is 5.32 Å². The quantitative estimate of drug-likeness (QED) is 0.800. The van der Waals surface area contributed by atoms with Gasteiger partial charge in [0.1, 0.15) is 5.82 Å². The van der Waals surface area contributed by atoms with Crippen molar-refractivity contribution < 1.29 is 9.18 Å². The summed E-state index contributed by atoms with van der Waals surface area (Å²) in [4.78, 5) is 16.8. The van der Waals surface area contributed by atoms with Gasteiger partial charge in [0.2, 0.25) is 11.0 Å². The van der Waals surface area contributed by atoms with Gasteiger partial charge in [0, 0.05) is 23.8 Å². The van der Waals surface area contributed by atoms with Crippen LogP contribution in [-0.4, -0.2) is 20.7 Å². The molecule has 0 saturated heterocycles. The minimum Gasteiger partial charge on any atom is -0.308 e. The maximum absolute atomic E-state index is 13.1. The predicted octanol–water partition coefficient (Wildman–Crippen LogP) is 3.14. The Labute approximate surface area is 135 Å². The minimum atomic E-state index is -0.557. The molecule has 1 fully saturated rings. The van der Waals surface area contributed by atoms with Gasteiger partial charge in [0.05, 0.1) is 5.41 Å². The van der Waals surface area contributed by atoms with Gasteiger partial charge in [-0.25, -0.2) is 14.1 Å². The van der Waals surface area contributed by atoms with Crippen molar-refractivity contribution in [1.82, 2.24) is 14.8 Å². The molecule has 1 aliphatic rings. The van der Waals surface area contributed by atoms with Crippen LogP contribution >= 0.6 is 11.3 Å². The number of halogens is 1. The standard InChI is InChI=1S/C16H13FN4OS/c17-12-3-1-11(2-4-12)16(6-7-16)14(22)19-13-5-9-21(20-13)15-18-8-10-23-15/h1-5,8-10H,6-7H2,(H,19,20,22). The number of nitrogens with one attached hydrogen (secondary N) is 1. The zero-order valence-electron chi connectivity index (χ0n) is 12.1. The van der Waals surface area contributed by atoms with E-state index in [9.17, 15) is 9.18 Å². The lowest BCUT2D eigenvalue weighted by Crippen LogP contribution is -2.28. The van der Waals surface area contributed by atoms with E-state index in [0.29, 0.717) is 5.82 Å². The third-order valence-corrected chi connectivity index (χ3v) is 4.79. The zero-order chi connectivity index (χ0) is 15.9. The van der Waals surface area contributed by atoms with Crippen molar-refractivity contribution in [2.45, 2.75) is 18.3 Å². The van der Waals surface area contributed by atoms with E-state index in [4.69, 9.17) is 0 Å². The molecule has 116 valence electrons. The number of rotatable bonds is 4. The molecule has 0 radical (unpaired) electrons. The Kier molecular flexibility index (Phi) is 3.23. The largest absolute Gasteiger partial charge is 0.308 e. The Balaban J connectivity index is 1.53. The van der Waals surface area contributed by atoms with E-state index in [1.165, 1.54) is 23.5 Å². The third-order valence-electron chi connectivity index (χ3n) is 4.03. The molecule has 0 atom stereocenters. The molecule has 2 heterocycles. The summed E-state index contributed by atoms with van der Waals surface area (Å²) in [5.74, 6) is 0.0826. The van der Waals surface area contributed by atoms with Crippen LogP contribution in [0.4, 0.5) is 10.2 Å². The third kappa shape index (κ3) is 2.53. The summed E-state index contributed by atoms with van der Waals surface area (Å²) in [7, 11) is 0. The lowest BCUT2D eigenvalue weighted by Gasteiger charge is -2.14. The first-order chi connectivity index (χ1) is 11.2. The number of hydrogen-bond acceptors (Lipinski definition) is 4. The molecular formula is C16H13FN4OS. The van der Waals surface area contributed by atoms with Gasteiger partial charge in [-0.05, 0) is 30.5 Å². The molecule has 2 aromatic heterocycles. The number of amides is 1. The number of carbonyl (C=O) groups is 1. The molecule has 3 aromatic rings. The van der Waals surface area contributed by atoms with E-state index in [1.54, 1.807) is 35.3 Å². The highest BCUT2D eigenvalue weighted by atomic mass is 32.1. The average Bonchev–Trinajstić information content (AvgIpc) is 2.97. The molecular weight excluding hydrogens is 315 g/mol. The number of benzene rings is 1. The first kappa shape index (κ1) is 14.1. The van der Waals surface area contributed by atoms with Crippen LogP contribution in [0.1, 0.15) is 18.4 Å². The van der Waals surface area contributed by atoms with Crippen molar-refractivity contribution >= 4 is 23.1 Å². The van der Waals surface area contributed by atoms with Gasteiger partial charge in [-0.1, -0.05) is 12.1 Å². The minimum absolute atomic E-state index is 0.103. The van der Waals surface area contributed by atoms with Gasteiger partial charge in [-0.15, -0.1) is 16.4 Å². The molecule has 7 heteroatoms. The molecule has 1 saturated carbocycles. The van der Waals surface area contributed by atoms with Crippen LogP contribution in [0, 0.1) is 5.82 Å². The molecule has 4 rings (SSSR count). The van der Waals surface area contributed by atoms with E-state index in [0.717, 1.165) is 23.5 Å². The molecule has 5 nitrogen and oxygen atoms in total. The maximum Gasteiger partial charge on any atom is 0.236 e. The number of hydrogen-bond donors (Lipinski definition) is 1. The second kappa shape index (κ2) is 5.27. The first-order valence-corrected chi connectivity index (χ1v) is 8.08. The zero-order valence-corrected chi connectivity index (χ0v) is 12.9. The van der Waals surface area contributed by atoms with E-state index in [1.807, 2.05) is 5.38 Å². The molecule has 0 bridgehead atoms. The van der Waals surface area contributed by atoms with E-state index >= 15 is 0 Å². The Morgan fingerprint density at radius 3 is 2.70 bits per heavy atom. The van der Waals surface area contributed by atoms with Crippen molar-refractivity contribution in [1.29, 1.82) is 0 Å². The Morgan fingerprint density at radius 1 is 1.26 bits per heavy atom. The van der Waals surface area contributed by atoms with Crippen LogP contribution in [0.25, 0.3) is 5.13 Å². The first-order valence-electron chi connectivity index (χ1n) is 7.20. The highest BCUT2D eigenvalue weighted by Crippen LogP contribution is 2.48. The summed E-state index contributed by atoms with van der Waals surface area (Å²) in [5.41, 5.74) is 0.286. The van der Waals surface area contributed by atoms with Crippen LogP contribution in [0.5, 0.6) is 0 Å². The van der Waals surface area contributed by atoms with Crippen LogP contribution in [0.3, 0.4) is 0 Å². The normalized spacial score (nSPS) is 15.3. The monoisotopic (exact) mass is 328 g/mol. The van der Waals surface area contributed by atoms with Gasteiger partial charge >= 0.3 is 0 Å². The van der Waals surface area contributed by atoms with Crippen molar-refractivity contribution in [2.24, 2.45) is 0 Å². The molecule has 0 aliphatic heterocycles. The number of aromatic nitrogens is 3. The van der Waals surface area contributed by atoms with Crippen molar-refractivity contribution in [3.63, 3.8) is 0 Å². The molecule has 1 N–H and O–H groups in total. The number of thiazole rings is 1. The maximum atomic E-state index is 13.1. The number of nitrogens with zero attached hydrogens (tertiary/aromatic N) is 3. The summed E-state index contributed by atoms with van der Waals surface area (Å²) in [6, 6.07) is 7.87. The fourth-order valence-corrected chi connectivity index (χ4v) is 3.18. The van der Waals surface area contributed by atoms with Crippen LogP contribution in [0.15, 0.2) is 48.1 Å².